The number of benzene rings is 1. The molecule has 0 heterocycles. The molecule has 0 radical (unpaired) electrons. The number of hydrogen-bond acceptors (Lipinski definition) is 3. The Kier molecular flexibility index (Phi) is 4.85. The second-order valence-electron chi connectivity index (χ2n) is 3.14. The molecule has 0 aliphatic carbocycles. The molecular weight excluding hydrogens is 224 g/mol. The molecule has 2 amide bonds. The number of hydrogen-bond donors (Lipinski definition) is 2. The molecule has 0 aliphatic heterocycles. The summed E-state index contributed by atoms with van der Waals surface area (Å²) in [5.74, 6) is 0.249. The molecule has 2 N–H and O–H groups in total. The van der Waals surface area contributed by atoms with Gasteiger partial charge >= 0.3 is 0 Å². The quantitative estimate of drug-likeness (QED) is 0.832. The lowest BCUT2D eigenvalue weighted by molar-refractivity contribution is -0.113. The second kappa shape index (κ2) is 6.17. The molecule has 0 fully saturated rings. The van der Waals surface area contributed by atoms with Gasteiger partial charge in [-0.1, -0.05) is 0 Å². The summed E-state index contributed by atoms with van der Waals surface area (Å²) in [6.45, 7) is 0. The molecule has 1 aromatic carbocycles. The molecule has 4 nitrogen and oxygen atoms in total. The number of rotatable bonds is 4. The number of anilines is 1. The van der Waals surface area contributed by atoms with Gasteiger partial charge in [-0.05, 0) is 30.5 Å². The molecule has 5 heteroatoms. The number of amides is 2. The van der Waals surface area contributed by atoms with Crippen molar-refractivity contribution in [1.29, 1.82) is 0 Å². The zero-order valence-electron chi connectivity index (χ0n) is 9.24. The van der Waals surface area contributed by atoms with Gasteiger partial charge in [-0.15, -0.1) is 0 Å². The highest BCUT2D eigenvalue weighted by Gasteiger charge is 2.04. The lowest BCUT2D eigenvalue weighted by Gasteiger charge is -2.05. The van der Waals surface area contributed by atoms with Gasteiger partial charge in [-0.25, -0.2) is 0 Å². The fourth-order valence-electron chi connectivity index (χ4n) is 1.18. The van der Waals surface area contributed by atoms with Crippen molar-refractivity contribution in [2.24, 2.45) is 0 Å². The van der Waals surface area contributed by atoms with Crippen LogP contribution in [0.25, 0.3) is 0 Å². The van der Waals surface area contributed by atoms with E-state index in [0.717, 1.165) is 0 Å². The average molecular weight is 238 g/mol. The van der Waals surface area contributed by atoms with Gasteiger partial charge in [0.15, 0.2) is 0 Å². The van der Waals surface area contributed by atoms with Gasteiger partial charge in [0.25, 0.3) is 5.91 Å². The van der Waals surface area contributed by atoms with Gasteiger partial charge in [0.2, 0.25) is 5.91 Å². The number of thioether (sulfide) groups is 1. The first kappa shape index (κ1) is 12.6. The summed E-state index contributed by atoms with van der Waals surface area (Å²) in [7, 11) is 1.58. The minimum Gasteiger partial charge on any atom is -0.355 e. The fourth-order valence-corrected chi connectivity index (χ4v) is 1.51. The van der Waals surface area contributed by atoms with Crippen LogP contribution in [0.4, 0.5) is 5.69 Å². The van der Waals surface area contributed by atoms with Crippen LogP contribution in [-0.2, 0) is 4.79 Å². The summed E-state index contributed by atoms with van der Waals surface area (Å²) >= 11 is 1.46. The van der Waals surface area contributed by atoms with Gasteiger partial charge < -0.3 is 10.6 Å². The third-order valence-electron chi connectivity index (χ3n) is 1.93. The van der Waals surface area contributed by atoms with E-state index >= 15 is 0 Å². The first-order chi connectivity index (χ1) is 7.67. The Hall–Kier alpha value is -1.49. The van der Waals surface area contributed by atoms with Crippen molar-refractivity contribution in [2.45, 2.75) is 0 Å². The lowest BCUT2D eigenvalue weighted by atomic mass is 10.2. The molecule has 0 saturated heterocycles. The Morgan fingerprint density at radius 3 is 2.38 bits per heavy atom. The molecule has 86 valence electrons. The van der Waals surface area contributed by atoms with E-state index in [1.54, 1.807) is 31.3 Å². The molecular formula is C11H14N2O2S. The largest absolute Gasteiger partial charge is 0.355 e. The van der Waals surface area contributed by atoms with E-state index in [0.29, 0.717) is 17.0 Å². The van der Waals surface area contributed by atoms with Gasteiger partial charge in [0, 0.05) is 18.3 Å². The Morgan fingerprint density at radius 2 is 1.88 bits per heavy atom. The van der Waals surface area contributed by atoms with E-state index in [1.807, 2.05) is 6.26 Å². The van der Waals surface area contributed by atoms with Crippen molar-refractivity contribution in [1.82, 2.24) is 5.32 Å². The molecule has 1 rings (SSSR count). The molecule has 16 heavy (non-hydrogen) atoms. The summed E-state index contributed by atoms with van der Waals surface area (Å²) in [5.41, 5.74) is 1.28. The minimum atomic E-state index is -0.137. The van der Waals surface area contributed by atoms with Gasteiger partial charge in [0.1, 0.15) is 0 Å². The smallest absolute Gasteiger partial charge is 0.251 e. The standard InChI is InChI=1S/C11H14N2O2S/c1-12-11(15)8-3-5-9(6-4-8)13-10(14)7-16-2/h3-6H,7H2,1-2H3,(H,12,15)(H,13,14). The molecule has 0 aromatic heterocycles. The third-order valence-corrected chi connectivity index (χ3v) is 2.48. The Bertz CT molecular complexity index is 376. The number of nitrogens with one attached hydrogen (secondary N) is 2. The lowest BCUT2D eigenvalue weighted by Crippen LogP contribution is -2.18. The zero-order valence-corrected chi connectivity index (χ0v) is 10.1. The van der Waals surface area contributed by atoms with Crippen molar-refractivity contribution in [3.8, 4) is 0 Å². The van der Waals surface area contributed by atoms with Crippen LogP contribution in [0.1, 0.15) is 10.4 Å². The second-order valence-corrected chi connectivity index (χ2v) is 4.00. The van der Waals surface area contributed by atoms with Crippen molar-refractivity contribution in [3.05, 3.63) is 29.8 Å². The van der Waals surface area contributed by atoms with Gasteiger partial charge in [-0.2, -0.15) is 11.8 Å². The van der Waals surface area contributed by atoms with E-state index in [-0.39, 0.29) is 11.8 Å². The molecule has 0 atom stereocenters. The highest BCUT2D eigenvalue weighted by atomic mass is 32.2. The monoisotopic (exact) mass is 238 g/mol. The predicted octanol–water partition coefficient (Wildman–Crippen LogP) is 1.35. The van der Waals surface area contributed by atoms with Crippen LogP contribution in [-0.4, -0.2) is 30.9 Å². The first-order valence-electron chi connectivity index (χ1n) is 4.78. The van der Waals surface area contributed by atoms with E-state index in [1.165, 1.54) is 11.8 Å². The summed E-state index contributed by atoms with van der Waals surface area (Å²) in [4.78, 5) is 22.5. The summed E-state index contributed by atoms with van der Waals surface area (Å²) in [6.07, 6.45) is 1.87. The molecule has 1 aromatic rings. The number of carbonyl (C=O) groups excluding carboxylic acids is 2. The fraction of sp³-hybridized carbons (Fsp3) is 0.273. The normalized spacial score (nSPS) is 9.62. The van der Waals surface area contributed by atoms with E-state index in [2.05, 4.69) is 10.6 Å². The molecule has 0 aliphatic rings. The highest BCUT2D eigenvalue weighted by molar-refractivity contribution is 7.99. The van der Waals surface area contributed by atoms with Crippen molar-refractivity contribution < 1.29 is 9.59 Å². The predicted molar refractivity (Wildman–Crippen MR) is 66.8 cm³/mol. The van der Waals surface area contributed by atoms with Crippen LogP contribution in [0.2, 0.25) is 0 Å². The van der Waals surface area contributed by atoms with Crippen molar-refractivity contribution in [2.75, 3.05) is 24.4 Å². The van der Waals surface area contributed by atoms with Crippen LogP contribution >= 0.6 is 11.8 Å². The van der Waals surface area contributed by atoms with Crippen LogP contribution in [0.15, 0.2) is 24.3 Å². The maximum atomic E-state index is 11.3. The molecule has 0 saturated carbocycles. The SMILES string of the molecule is CNC(=O)c1ccc(NC(=O)CSC)cc1. The molecule has 0 spiro atoms. The van der Waals surface area contributed by atoms with Crippen LogP contribution in [0.5, 0.6) is 0 Å². The van der Waals surface area contributed by atoms with Gasteiger partial charge in [-0.3, -0.25) is 9.59 Å². The Balaban J connectivity index is 2.64. The average Bonchev–Trinajstić information content (AvgIpc) is 2.29. The first-order valence-corrected chi connectivity index (χ1v) is 6.17. The summed E-state index contributed by atoms with van der Waals surface area (Å²) < 4.78 is 0. The van der Waals surface area contributed by atoms with Gasteiger partial charge in [0.05, 0.1) is 5.75 Å². The highest BCUT2D eigenvalue weighted by Crippen LogP contribution is 2.09. The number of carbonyl (C=O) groups is 2. The molecule has 0 bridgehead atoms. The minimum absolute atomic E-state index is 0.0415. The van der Waals surface area contributed by atoms with Crippen molar-refractivity contribution in [3.63, 3.8) is 0 Å². The summed E-state index contributed by atoms with van der Waals surface area (Å²) in [6, 6.07) is 6.77. The van der Waals surface area contributed by atoms with E-state index in [4.69, 9.17) is 0 Å². The van der Waals surface area contributed by atoms with Crippen LogP contribution in [0, 0.1) is 0 Å². The van der Waals surface area contributed by atoms with E-state index < -0.39 is 0 Å². The van der Waals surface area contributed by atoms with E-state index in [9.17, 15) is 9.59 Å². The maximum absolute atomic E-state index is 11.3. The van der Waals surface area contributed by atoms with Crippen molar-refractivity contribution >= 4 is 29.3 Å². The zero-order chi connectivity index (χ0) is 12.0. The Labute approximate surface area is 98.8 Å². The van der Waals surface area contributed by atoms with Crippen LogP contribution in [0.3, 0.4) is 0 Å². The third kappa shape index (κ3) is 3.58. The molecule has 0 unspecified atom stereocenters. The maximum Gasteiger partial charge on any atom is 0.251 e. The van der Waals surface area contributed by atoms with Crippen LogP contribution < -0.4 is 10.6 Å². The summed E-state index contributed by atoms with van der Waals surface area (Å²) in [5, 5.41) is 5.27. The topological polar surface area (TPSA) is 58.2 Å². The Morgan fingerprint density at radius 1 is 1.25 bits per heavy atom.